The van der Waals surface area contributed by atoms with E-state index in [0.717, 1.165) is 6.07 Å². The fourth-order valence-corrected chi connectivity index (χ4v) is 2.38. The molecular formula is C16H20BrFN2O6. The van der Waals surface area contributed by atoms with Crippen molar-refractivity contribution in [1.29, 1.82) is 0 Å². The molecule has 1 aromatic carbocycles. The number of benzene rings is 1. The van der Waals surface area contributed by atoms with Crippen LogP contribution in [0, 0.1) is 15.9 Å². The fourth-order valence-electron chi connectivity index (χ4n) is 1.79. The van der Waals surface area contributed by atoms with E-state index in [2.05, 4.69) is 15.9 Å². The van der Waals surface area contributed by atoms with Crippen LogP contribution in [0.1, 0.15) is 41.5 Å². The van der Waals surface area contributed by atoms with E-state index in [1.807, 2.05) is 0 Å². The quantitative estimate of drug-likeness (QED) is 0.469. The van der Waals surface area contributed by atoms with Crippen LogP contribution in [0.5, 0.6) is 0 Å². The van der Waals surface area contributed by atoms with E-state index < -0.39 is 45.5 Å². The molecule has 0 heterocycles. The van der Waals surface area contributed by atoms with Crippen LogP contribution in [0.2, 0.25) is 0 Å². The van der Waals surface area contributed by atoms with Gasteiger partial charge in [0.25, 0.3) is 5.69 Å². The molecule has 0 radical (unpaired) electrons. The van der Waals surface area contributed by atoms with Gasteiger partial charge in [0.2, 0.25) is 0 Å². The standard InChI is InChI=1S/C16H20BrFN2O6/c1-15(2,3)25-13(21)19(14(22)26-16(4,5)6)12-10(17)7-9(18)8-11(12)20(23)24/h7-8H,1-6H3. The summed E-state index contributed by atoms with van der Waals surface area (Å²) in [5.41, 5.74) is -3.26. The zero-order chi connectivity index (χ0) is 20.4. The van der Waals surface area contributed by atoms with Crippen molar-refractivity contribution in [3.63, 3.8) is 0 Å². The number of imide groups is 1. The third-order valence-corrected chi connectivity index (χ3v) is 3.18. The molecule has 0 atom stereocenters. The van der Waals surface area contributed by atoms with Gasteiger partial charge in [-0.2, -0.15) is 4.90 Å². The Morgan fingerprint density at radius 3 is 1.85 bits per heavy atom. The number of hydrogen-bond donors (Lipinski definition) is 0. The lowest BCUT2D eigenvalue weighted by molar-refractivity contribution is -0.384. The van der Waals surface area contributed by atoms with Gasteiger partial charge < -0.3 is 9.47 Å². The largest absolute Gasteiger partial charge is 0.443 e. The van der Waals surface area contributed by atoms with E-state index in [0.29, 0.717) is 11.0 Å². The molecular weight excluding hydrogens is 415 g/mol. The highest BCUT2D eigenvalue weighted by Gasteiger charge is 2.38. The number of nitro benzene ring substituents is 1. The van der Waals surface area contributed by atoms with E-state index in [9.17, 15) is 24.1 Å². The molecule has 0 aliphatic carbocycles. The summed E-state index contributed by atoms with van der Waals surface area (Å²) in [7, 11) is 0. The first kappa shape index (κ1) is 21.8. The van der Waals surface area contributed by atoms with Gasteiger partial charge in [-0.05, 0) is 63.5 Å². The maximum absolute atomic E-state index is 13.6. The predicted octanol–water partition coefficient (Wildman–Crippen LogP) is 5.17. The Morgan fingerprint density at radius 1 is 1.08 bits per heavy atom. The number of nitrogens with zero attached hydrogens (tertiary/aromatic N) is 2. The number of carbonyl (C=O) groups excluding carboxylic acids is 2. The third kappa shape index (κ3) is 5.94. The Morgan fingerprint density at radius 2 is 1.50 bits per heavy atom. The summed E-state index contributed by atoms with van der Waals surface area (Å²) >= 11 is 2.96. The SMILES string of the molecule is CC(C)(C)OC(=O)N(C(=O)OC(C)(C)C)c1c(Br)cc(F)cc1[N+](=O)[O-]. The minimum atomic E-state index is -1.19. The van der Waals surface area contributed by atoms with Crippen LogP contribution in [0.4, 0.5) is 25.4 Å². The average Bonchev–Trinajstić information content (AvgIpc) is 2.36. The molecule has 0 saturated heterocycles. The van der Waals surface area contributed by atoms with Gasteiger partial charge in [0.15, 0.2) is 5.69 Å². The molecule has 0 N–H and O–H groups in total. The first-order valence-electron chi connectivity index (χ1n) is 7.52. The predicted molar refractivity (Wildman–Crippen MR) is 95.7 cm³/mol. The van der Waals surface area contributed by atoms with Crippen LogP contribution in [0.15, 0.2) is 16.6 Å². The second-order valence-electron chi connectivity index (χ2n) is 7.31. The van der Waals surface area contributed by atoms with E-state index in [1.54, 1.807) is 41.5 Å². The summed E-state index contributed by atoms with van der Waals surface area (Å²) in [6, 6.07) is 1.49. The Labute approximate surface area is 158 Å². The number of halogens is 2. The van der Waals surface area contributed by atoms with Gasteiger partial charge in [-0.15, -0.1) is 0 Å². The van der Waals surface area contributed by atoms with Crippen molar-refractivity contribution in [1.82, 2.24) is 0 Å². The molecule has 1 rings (SSSR count). The van der Waals surface area contributed by atoms with E-state index >= 15 is 0 Å². The molecule has 2 amide bonds. The van der Waals surface area contributed by atoms with Gasteiger partial charge in [0, 0.05) is 0 Å². The highest BCUT2D eigenvalue weighted by atomic mass is 79.9. The van der Waals surface area contributed by atoms with Crippen molar-refractivity contribution >= 4 is 39.5 Å². The smallest absolute Gasteiger partial charge is 0.424 e. The molecule has 10 heteroatoms. The average molecular weight is 435 g/mol. The zero-order valence-corrected chi connectivity index (χ0v) is 16.8. The number of carbonyl (C=O) groups is 2. The number of ether oxygens (including phenoxy) is 2. The number of anilines is 1. The van der Waals surface area contributed by atoms with E-state index in [-0.39, 0.29) is 4.47 Å². The second-order valence-corrected chi connectivity index (χ2v) is 8.16. The minimum Gasteiger partial charge on any atom is -0.443 e. The maximum Gasteiger partial charge on any atom is 0.424 e. The van der Waals surface area contributed by atoms with Crippen molar-refractivity contribution in [2.75, 3.05) is 4.90 Å². The van der Waals surface area contributed by atoms with Crippen LogP contribution >= 0.6 is 15.9 Å². The zero-order valence-electron chi connectivity index (χ0n) is 15.3. The molecule has 0 fully saturated rings. The number of nitro groups is 1. The van der Waals surface area contributed by atoms with Gasteiger partial charge in [-0.1, -0.05) is 0 Å². The molecule has 0 aliphatic heterocycles. The first-order chi connectivity index (χ1) is 11.6. The van der Waals surface area contributed by atoms with E-state index in [1.165, 1.54) is 0 Å². The number of hydrogen-bond acceptors (Lipinski definition) is 6. The molecule has 1 aromatic rings. The summed E-state index contributed by atoms with van der Waals surface area (Å²) < 4.78 is 23.7. The fraction of sp³-hybridized carbons (Fsp3) is 0.500. The summed E-state index contributed by atoms with van der Waals surface area (Å²) in [6.45, 7) is 9.37. The second kappa shape index (κ2) is 7.56. The van der Waals surface area contributed by atoms with Gasteiger partial charge >= 0.3 is 12.2 Å². The van der Waals surface area contributed by atoms with Crippen LogP contribution in [-0.4, -0.2) is 28.3 Å². The van der Waals surface area contributed by atoms with Gasteiger partial charge in [-0.3, -0.25) is 10.1 Å². The lowest BCUT2D eigenvalue weighted by Gasteiger charge is -2.28. The molecule has 0 bridgehead atoms. The summed E-state index contributed by atoms with van der Waals surface area (Å²) in [5.74, 6) is -0.916. The molecule has 0 unspecified atom stereocenters. The normalized spacial score (nSPS) is 11.7. The number of amides is 2. The molecule has 8 nitrogen and oxygen atoms in total. The topological polar surface area (TPSA) is 99.0 Å². The van der Waals surface area contributed by atoms with Crippen molar-refractivity contribution in [3.8, 4) is 0 Å². The van der Waals surface area contributed by atoms with Gasteiger partial charge in [-0.25, -0.2) is 14.0 Å². The van der Waals surface area contributed by atoms with Gasteiger partial charge in [0.1, 0.15) is 17.0 Å². The Bertz CT molecular complexity index is 711. The summed E-state index contributed by atoms with van der Waals surface area (Å²) in [4.78, 5) is 35.9. The van der Waals surface area contributed by atoms with Crippen LogP contribution < -0.4 is 4.90 Å². The summed E-state index contributed by atoms with van der Waals surface area (Å²) in [5, 5.41) is 11.3. The lowest BCUT2D eigenvalue weighted by atomic mass is 10.2. The van der Waals surface area contributed by atoms with Crippen molar-refractivity contribution in [2.45, 2.75) is 52.7 Å². The molecule has 0 aliphatic rings. The third-order valence-electron chi connectivity index (χ3n) is 2.58. The van der Waals surface area contributed by atoms with Crippen molar-refractivity contribution < 1.29 is 28.4 Å². The Kier molecular flexibility index (Phi) is 6.35. The molecule has 0 spiro atoms. The Balaban J connectivity index is 3.58. The van der Waals surface area contributed by atoms with Gasteiger partial charge in [0.05, 0.1) is 15.5 Å². The molecule has 144 valence electrons. The van der Waals surface area contributed by atoms with Crippen LogP contribution in [0.25, 0.3) is 0 Å². The lowest BCUT2D eigenvalue weighted by Crippen LogP contribution is -2.44. The highest BCUT2D eigenvalue weighted by Crippen LogP contribution is 2.38. The first-order valence-corrected chi connectivity index (χ1v) is 8.31. The number of rotatable bonds is 2. The summed E-state index contributed by atoms with van der Waals surface area (Å²) in [6.07, 6.45) is -2.38. The molecule has 26 heavy (non-hydrogen) atoms. The monoisotopic (exact) mass is 434 g/mol. The molecule has 0 aromatic heterocycles. The van der Waals surface area contributed by atoms with Crippen LogP contribution in [0.3, 0.4) is 0 Å². The van der Waals surface area contributed by atoms with Crippen LogP contribution in [-0.2, 0) is 9.47 Å². The van der Waals surface area contributed by atoms with Crippen molar-refractivity contribution in [2.24, 2.45) is 0 Å². The van der Waals surface area contributed by atoms with Crippen molar-refractivity contribution in [3.05, 3.63) is 32.5 Å². The maximum atomic E-state index is 13.6. The minimum absolute atomic E-state index is 0.180. The Hall–Kier alpha value is -2.23. The molecule has 0 saturated carbocycles. The highest BCUT2D eigenvalue weighted by molar-refractivity contribution is 9.10. The van der Waals surface area contributed by atoms with E-state index in [4.69, 9.17) is 9.47 Å².